The zero-order valence-corrected chi connectivity index (χ0v) is 11.3. The van der Waals surface area contributed by atoms with Crippen LogP contribution in [0.25, 0.3) is 0 Å². The van der Waals surface area contributed by atoms with Gasteiger partial charge < -0.3 is 10.5 Å². The minimum Gasteiger partial charge on any atom is -0.496 e. The van der Waals surface area contributed by atoms with Gasteiger partial charge >= 0.3 is 0 Å². The van der Waals surface area contributed by atoms with E-state index in [1.807, 2.05) is 25.1 Å². The van der Waals surface area contributed by atoms with Gasteiger partial charge in [-0.1, -0.05) is 17.7 Å². The van der Waals surface area contributed by atoms with Crippen molar-refractivity contribution in [2.24, 2.45) is 5.73 Å². The number of rotatable bonds is 5. The van der Waals surface area contributed by atoms with Crippen molar-refractivity contribution in [1.82, 2.24) is 0 Å². The molecule has 0 aliphatic rings. The van der Waals surface area contributed by atoms with Crippen LogP contribution in [0.15, 0.2) is 18.2 Å². The first-order valence-corrected chi connectivity index (χ1v) is 7.47. The van der Waals surface area contributed by atoms with Crippen LogP contribution < -0.4 is 10.5 Å². The minimum atomic E-state index is -2.98. The highest BCUT2D eigenvalue weighted by atomic mass is 32.2. The van der Waals surface area contributed by atoms with Gasteiger partial charge in [0.1, 0.15) is 15.6 Å². The third kappa shape index (κ3) is 4.36. The zero-order chi connectivity index (χ0) is 13.1. The molecule has 96 valence electrons. The monoisotopic (exact) mass is 257 g/mol. The molecular weight excluding hydrogens is 238 g/mol. The molecule has 4 nitrogen and oxygen atoms in total. The fraction of sp³-hybridized carbons (Fsp3) is 0.500. The third-order valence-electron chi connectivity index (χ3n) is 2.58. The van der Waals surface area contributed by atoms with Crippen molar-refractivity contribution in [3.8, 4) is 5.75 Å². The lowest BCUT2D eigenvalue weighted by molar-refractivity contribution is 0.405. The molecule has 1 rings (SSSR count). The van der Waals surface area contributed by atoms with Gasteiger partial charge in [0.2, 0.25) is 0 Å². The highest BCUT2D eigenvalue weighted by Gasteiger charge is 2.14. The molecule has 17 heavy (non-hydrogen) atoms. The molecule has 0 saturated carbocycles. The molecule has 0 heterocycles. The predicted octanol–water partition coefficient (Wildman–Crippen LogP) is 1.44. The largest absolute Gasteiger partial charge is 0.496 e. The fourth-order valence-corrected chi connectivity index (χ4v) is 2.32. The van der Waals surface area contributed by atoms with E-state index in [1.165, 1.54) is 6.26 Å². The van der Waals surface area contributed by atoms with Gasteiger partial charge in [-0.3, -0.25) is 0 Å². The Balaban J connectivity index is 2.87. The first kappa shape index (κ1) is 14.0. The van der Waals surface area contributed by atoms with Gasteiger partial charge in [0, 0.05) is 17.9 Å². The maximum Gasteiger partial charge on any atom is 0.147 e. The lowest BCUT2D eigenvalue weighted by Gasteiger charge is -2.16. The summed E-state index contributed by atoms with van der Waals surface area (Å²) in [5.41, 5.74) is 7.94. The predicted molar refractivity (Wildman–Crippen MR) is 69.0 cm³/mol. The van der Waals surface area contributed by atoms with Crippen LogP contribution in [0.5, 0.6) is 5.75 Å². The van der Waals surface area contributed by atoms with E-state index in [0.717, 1.165) is 11.1 Å². The summed E-state index contributed by atoms with van der Waals surface area (Å²) >= 11 is 0. The second-order valence-electron chi connectivity index (χ2n) is 4.27. The van der Waals surface area contributed by atoms with Gasteiger partial charge in [-0.2, -0.15) is 0 Å². The summed E-state index contributed by atoms with van der Waals surface area (Å²) in [5.74, 6) is 0.794. The molecule has 0 aromatic heterocycles. The van der Waals surface area contributed by atoms with Crippen LogP contribution >= 0.6 is 0 Å². The maximum absolute atomic E-state index is 11.1. The van der Waals surface area contributed by atoms with Crippen molar-refractivity contribution in [3.05, 3.63) is 29.3 Å². The van der Waals surface area contributed by atoms with Gasteiger partial charge in [0.05, 0.1) is 12.9 Å². The standard InChI is InChI=1S/C12H19NO3S/c1-9-4-5-12(16-2)10(8-9)11(13)6-7-17(3,14)15/h4-5,8,11H,6-7,13H2,1-3H3. The van der Waals surface area contributed by atoms with Crippen molar-refractivity contribution < 1.29 is 13.2 Å². The van der Waals surface area contributed by atoms with Crippen LogP contribution in [0.2, 0.25) is 0 Å². The van der Waals surface area contributed by atoms with E-state index in [0.29, 0.717) is 12.2 Å². The average molecular weight is 257 g/mol. The summed E-state index contributed by atoms with van der Waals surface area (Å²) in [6, 6.07) is 5.40. The molecular formula is C12H19NO3S. The number of aryl methyl sites for hydroxylation is 1. The van der Waals surface area contributed by atoms with Crippen molar-refractivity contribution in [2.75, 3.05) is 19.1 Å². The van der Waals surface area contributed by atoms with Gasteiger partial charge in [0.25, 0.3) is 0 Å². The van der Waals surface area contributed by atoms with E-state index in [1.54, 1.807) is 7.11 Å². The molecule has 1 atom stereocenters. The Morgan fingerprint density at radius 1 is 1.41 bits per heavy atom. The minimum absolute atomic E-state index is 0.0886. The molecule has 0 amide bonds. The fourth-order valence-electron chi connectivity index (χ4n) is 1.64. The Bertz CT molecular complexity index is 483. The van der Waals surface area contributed by atoms with Crippen molar-refractivity contribution in [3.63, 3.8) is 0 Å². The molecule has 0 saturated heterocycles. The molecule has 2 N–H and O–H groups in total. The summed E-state index contributed by atoms with van der Waals surface area (Å²) in [6.07, 6.45) is 1.62. The molecule has 5 heteroatoms. The molecule has 1 unspecified atom stereocenters. The van der Waals surface area contributed by atoms with Crippen LogP contribution in [-0.2, 0) is 9.84 Å². The average Bonchev–Trinajstić information content (AvgIpc) is 2.25. The second kappa shape index (κ2) is 5.51. The molecule has 0 bridgehead atoms. The molecule has 0 radical (unpaired) electrons. The third-order valence-corrected chi connectivity index (χ3v) is 3.56. The number of sulfone groups is 1. The number of benzene rings is 1. The van der Waals surface area contributed by atoms with Crippen LogP contribution in [0.4, 0.5) is 0 Å². The van der Waals surface area contributed by atoms with Crippen LogP contribution in [-0.4, -0.2) is 27.5 Å². The van der Waals surface area contributed by atoms with Gasteiger partial charge in [0.15, 0.2) is 0 Å². The summed E-state index contributed by atoms with van der Waals surface area (Å²) in [4.78, 5) is 0. The number of nitrogens with two attached hydrogens (primary N) is 1. The number of ether oxygens (including phenoxy) is 1. The summed E-state index contributed by atoms with van der Waals surface area (Å²) in [7, 11) is -1.40. The normalized spacial score (nSPS) is 13.4. The van der Waals surface area contributed by atoms with E-state index < -0.39 is 9.84 Å². The first-order chi connectivity index (χ1) is 7.83. The quantitative estimate of drug-likeness (QED) is 0.866. The molecule has 0 aliphatic carbocycles. The van der Waals surface area contributed by atoms with Crippen molar-refractivity contribution in [2.45, 2.75) is 19.4 Å². The SMILES string of the molecule is COc1ccc(C)cc1C(N)CCS(C)(=O)=O. The molecule has 1 aromatic rings. The van der Waals surface area contributed by atoms with Crippen LogP contribution in [0, 0.1) is 6.92 Å². The van der Waals surface area contributed by atoms with Gasteiger partial charge in [-0.15, -0.1) is 0 Å². The van der Waals surface area contributed by atoms with Gasteiger partial charge in [-0.25, -0.2) is 8.42 Å². The lowest BCUT2D eigenvalue weighted by Crippen LogP contribution is -2.16. The maximum atomic E-state index is 11.1. The summed E-state index contributed by atoms with van der Waals surface area (Å²) < 4.78 is 27.4. The Kier molecular flexibility index (Phi) is 4.54. The van der Waals surface area contributed by atoms with Crippen LogP contribution in [0.3, 0.4) is 0 Å². The highest BCUT2D eigenvalue weighted by molar-refractivity contribution is 7.90. The highest BCUT2D eigenvalue weighted by Crippen LogP contribution is 2.26. The smallest absolute Gasteiger partial charge is 0.147 e. The first-order valence-electron chi connectivity index (χ1n) is 5.41. The Hall–Kier alpha value is -1.07. The number of methoxy groups -OCH3 is 1. The van der Waals surface area contributed by atoms with Crippen molar-refractivity contribution >= 4 is 9.84 Å². The van der Waals surface area contributed by atoms with E-state index in [2.05, 4.69) is 0 Å². The zero-order valence-electron chi connectivity index (χ0n) is 10.4. The Labute approximate surface area is 103 Å². The number of hydrogen-bond acceptors (Lipinski definition) is 4. The Morgan fingerprint density at radius 3 is 2.59 bits per heavy atom. The van der Waals surface area contributed by atoms with E-state index >= 15 is 0 Å². The molecule has 0 fully saturated rings. The molecule has 0 spiro atoms. The van der Waals surface area contributed by atoms with E-state index in [4.69, 9.17) is 10.5 Å². The second-order valence-corrected chi connectivity index (χ2v) is 6.53. The summed E-state index contributed by atoms with van der Waals surface area (Å²) in [5, 5.41) is 0. The molecule has 1 aromatic carbocycles. The van der Waals surface area contributed by atoms with Crippen LogP contribution in [0.1, 0.15) is 23.6 Å². The molecule has 0 aliphatic heterocycles. The van der Waals surface area contributed by atoms with E-state index in [-0.39, 0.29) is 11.8 Å². The van der Waals surface area contributed by atoms with Crippen molar-refractivity contribution in [1.29, 1.82) is 0 Å². The lowest BCUT2D eigenvalue weighted by atomic mass is 10.0. The Morgan fingerprint density at radius 2 is 2.06 bits per heavy atom. The van der Waals surface area contributed by atoms with E-state index in [9.17, 15) is 8.42 Å². The number of hydrogen-bond donors (Lipinski definition) is 1. The summed E-state index contributed by atoms with van der Waals surface area (Å²) in [6.45, 7) is 1.96. The topological polar surface area (TPSA) is 69.4 Å². The van der Waals surface area contributed by atoms with Gasteiger partial charge in [-0.05, 0) is 19.4 Å².